The molecule has 3 nitrogen and oxygen atoms in total. The molecule has 2 saturated carbocycles. The lowest BCUT2D eigenvalue weighted by atomic mass is 9.84. The first-order chi connectivity index (χ1) is 9.74. The van der Waals surface area contributed by atoms with E-state index < -0.39 is 0 Å². The number of benzene rings is 1. The Hall–Kier alpha value is -1.06. The highest BCUT2D eigenvalue weighted by molar-refractivity contribution is 5.85. The molecule has 5 atom stereocenters. The molecule has 21 heavy (non-hydrogen) atoms. The second-order valence-electron chi connectivity index (χ2n) is 6.74. The molecule has 2 fully saturated rings. The Morgan fingerprint density at radius 1 is 1.14 bits per heavy atom. The number of carbonyl (C=O) groups excluding carboxylic acids is 1. The molecule has 0 aromatic heterocycles. The average Bonchev–Trinajstić information content (AvgIpc) is 3.13. The monoisotopic (exact) mass is 306 g/mol. The predicted molar refractivity (Wildman–Crippen MR) is 85.2 cm³/mol. The van der Waals surface area contributed by atoms with Crippen LogP contribution in [0.2, 0.25) is 0 Å². The second kappa shape index (κ2) is 5.62. The summed E-state index contributed by atoms with van der Waals surface area (Å²) in [5, 5.41) is 3.27. The van der Waals surface area contributed by atoms with Crippen LogP contribution in [-0.2, 0) is 11.2 Å². The van der Waals surface area contributed by atoms with Crippen molar-refractivity contribution in [1.29, 1.82) is 0 Å². The molecule has 2 bridgehead atoms. The normalized spacial score (nSPS) is 36.1. The lowest BCUT2D eigenvalue weighted by Crippen LogP contribution is -2.45. The lowest BCUT2D eigenvalue weighted by molar-refractivity contribution is -0.127. The minimum atomic E-state index is 0. The van der Waals surface area contributed by atoms with E-state index in [1.807, 2.05) is 0 Å². The topological polar surface area (TPSA) is 55.1 Å². The van der Waals surface area contributed by atoms with E-state index in [2.05, 4.69) is 29.6 Å². The number of hydrogen-bond acceptors (Lipinski definition) is 2. The van der Waals surface area contributed by atoms with Crippen molar-refractivity contribution in [2.24, 2.45) is 23.5 Å². The minimum Gasteiger partial charge on any atom is -0.349 e. The van der Waals surface area contributed by atoms with Crippen molar-refractivity contribution in [3.8, 4) is 0 Å². The maximum absolute atomic E-state index is 12.6. The van der Waals surface area contributed by atoms with Crippen LogP contribution in [0.25, 0.3) is 0 Å². The van der Waals surface area contributed by atoms with Gasteiger partial charge in [-0.15, -0.1) is 12.4 Å². The van der Waals surface area contributed by atoms with Gasteiger partial charge >= 0.3 is 0 Å². The number of halogens is 1. The van der Waals surface area contributed by atoms with Gasteiger partial charge in [-0.2, -0.15) is 0 Å². The van der Waals surface area contributed by atoms with Crippen LogP contribution in [0.3, 0.4) is 0 Å². The van der Waals surface area contributed by atoms with Gasteiger partial charge in [0, 0.05) is 6.04 Å². The Morgan fingerprint density at radius 2 is 1.90 bits per heavy atom. The van der Waals surface area contributed by atoms with Crippen LogP contribution in [0, 0.1) is 17.8 Å². The number of hydrogen-bond donors (Lipinski definition) is 2. The van der Waals surface area contributed by atoms with Crippen LogP contribution in [0.5, 0.6) is 0 Å². The molecule has 4 rings (SSSR count). The SMILES string of the molecule is Cl.NC1C2CCC(C2)C1C(=O)NC1CCc2ccccc21. The highest BCUT2D eigenvalue weighted by Gasteiger charge is 2.49. The van der Waals surface area contributed by atoms with Gasteiger partial charge < -0.3 is 11.1 Å². The molecule has 1 aromatic carbocycles. The summed E-state index contributed by atoms with van der Waals surface area (Å²) in [6.45, 7) is 0. The standard InChI is InChI=1S/C17H22N2O.ClH/c18-16-12-6-5-11(9-12)15(16)17(20)19-14-8-7-10-3-1-2-4-13(10)14;/h1-4,11-12,14-16H,5-9,18H2,(H,19,20);1H. The fourth-order valence-electron chi connectivity index (χ4n) is 4.70. The maximum Gasteiger partial charge on any atom is 0.225 e. The number of amides is 1. The van der Waals surface area contributed by atoms with E-state index >= 15 is 0 Å². The van der Waals surface area contributed by atoms with Gasteiger partial charge in [-0.1, -0.05) is 24.3 Å². The Bertz CT molecular complexity index is 545. The molecular weight excluding hydrogens is 284 g/mol. The van der Waals surface area contributed by atoms with Gasteiger partial charge in [0.1, 0.15) is 0 Å². The first-order valence-corrected chi connectivity index (χ1v) is 7.88. The summed E-state index contributed by atoms with van der Waals surface area (Å²) < 4.78 is 0. The number of fused-ring (bicyclic) bond motifs is 3. The molecular formula is C17H23ClN2O. The molecule has 1 amide bonds. The second-order valence-corrected chi connectivity index (χ2v) is 6.74. The molecule has 0 spiro atoms. The van der Waals surface area contributed by atoms with Gasteiger partial charge in [0.15, 0.2) is 0 Å². The summed E-state index contributed by atoms with van der Waals surface area (Å²) in [5.74, 6) is 1.38. The van der Waals surface area contributed by atoms with E-state index in [9.17, 15) is 4.79 Å². The zero-order valence-corrected chi connectivity index (χ0v) is 12.9. The number of aryl methyl sites for hydroxylation is 1. The fraction of sp³-hybridized carbons (Fsp3) is 0.588. The zero-order chi connectivity index (χ0) is 13.7. The van der Waals surface area contributed by atoms with Gasteiger partial charge in [0.2, 0.25) is 5.91 Å². The molecule has 3 N–H and O–H groups in total. The Morgan fingerprint density at radius 3 is 2.67 bits per heavy atom. The van der Waals surface area contributed by atoms with E-state index in [-0.39, 0.29) is 36.3 Å². The van der Waals surface area contributed by atoms with Crippen LogP contribution in [-0.4, -0.2) is 11.9 Å². The Labute approximate surface area is 132 Å². The van der Waals surface area contributed by atoms with Crippen LogP contribution in [0.4, 0.5) is 0 Å². The smallest absolute Gasteiger partial charge is 0.225 e. The van der Waals surface area contributed by atoms with Crippen LogP contribution in [0.1, 0.15) is 42.9 Å². The van der Waals surface area contributed by atoms with E-state index in [1.165, 1.54) is 30.4 Å². The number of nitrogens with one attached hydrogen (secondary N) is 1. The average molecular weight is 307 g/mol. The molecule has 114 valence electrons. The van der Waals surface area contributed by atoms with Crippen LogP contribution in [0.15, 0.2) is 24.3 Å². The molecule has 4 heteroatoms. The number of nitrogens with two attached hydrogens (primary N) is 1. The Kier molecular flexibility index (Phi) is 3.98. The predicted octanol–water partition coefficient (Wildman–Crippen LogP) is 2.59. The summed E-state index contributed by atoms with van der Waals surface area (Å²) in [7, 11) is 0. The molecule has 5 unspecified atom stereocenters. The fourth-order valence-corrected chi connectivity index (χ4v) is 4.70. The molecule has 0 heterocycles. The molecule has 0 aliphatic heterocycles. The van der Waals surface area contributed by atoms with Crippen molar-refractivity contribution in [3.63, 3.8) is 0 Å². The summed E-state index contributed by atoms with van der Waals surface area (Å²) in [6, 6.07) is 8.75. The highest BCUT2D eigenvalue weighted by Crippen LogP contribution is 2.48. The number of carbonyl (C=O) groups is 1. The largest absolute Gasteiger partial charge is 0.349 e. The van der Waals surface area contributed by atoms with Gasteiger partial charge in [0.05, 0.1) is 12.0 Å². The van der Waals surface area contributed by atoms with E-state index in [0.717, 1.165) is 12.8 Å². The summed E-state index contributed by atoms with van der Waals surface area (Å²) >= 11 is 0. The van der Waals surface area contributed by atoms with Crippen molar-refractivity contribution in [3.05, 3.63) is 35.4 Å². The molecule has 0 saturated heterocycles. The van der Waals surface area contributed by atoms with Gasteiger partial charge in [-0.25, -0.2) is 0 Å². The minimum absolute atomic E-state index is 0. The van der Waals surface area contributed by atoms with E-state index in [0.29, 0.717) is 11.8 Å². The summed E-state index contributed by atoms with van der Waals surface area (Å²) in [5.41, 5.74) is 8.96. The first-order valence-electron chi connectivity index (χ1n) is 7.88. The third-order valence-electron chi connectivity index (χ3n) is 5.73. The van der Waals surface area contributed by atoms with Gasteiger partial charge in [-0.05, 0) is 55.1 Å². The number of rotatable bonds is 2. The zero-order valence-electron chi connectivity index (χ0n) is 12.1. The summed E-state index contributed by atoms with van der Waals surface area (Å²) in [6.07, 6.45) is 5.69. The molecule has 3 aliphatic carbocycles. The van der Waals surface area contributed by atoms with E-state index in [4.69, 9.17) is 5.73 Å². The third kappa shape index (κ3) is 2.36. The Balaban J connectivity index is 0.00000132. The van der Waals surface area contributed by atoms with Crippen molar-refractivity contribution in [2.45, 2.75) is 44.2 Å². The van der Waals surface area contributed by atoms with Crippen LogP contribution >= 0.6 is 12.4 Å². The van der Waals surface area contributed by atoms with Crippen LogP contribution < -0.4 is 11.1 Å². The van der Waals surface area contributed by atoms with E-state index in [1.54, 1.807) is 0 Å². The summed E-state index contributed by atoms with van der Waals surface area (Å²) in [4.78, 5) is 12.6. The van der Waals surface area contributed by atoms with Crippen molar-refractivity contribution < 1.29 is 4.79 Å². The quantitative estimate of drug-likeness (QED) is 0.882. The first kappa shape index (κ1) is 14.9. The van der Waals surface area contributed by atoms with Gasteiger partial charge in [-0.3, -0.25) is 4.79 Å². The highest BCUT2D eigenvalue weighted by atomic mass is 35.5. The van der Waals surface area contributed by atoms with Crippen molar-refractivity contribution in [1.82, 2.24) is 5.32 Å². The maximum atomic E-state index is 12.6. The lowest BCUT2D eigenvalue weighted by Gasteiger charge is -2.28. The molecule has 0 radical (unpaired) electrons. The third-order valence-corrected chi connectivity index (χ3v) is 5.73. The van der Waals surface area contributed by atoms with Crippen molar-refractivity contribution >= 4 is 18.3 Å². The van der Waals surface area contributed by atoms with Crippen molar-refractivity contribution in [2.75, 3.05) is 0 Å². The molecule has 1 aromatic rings. The van der Waals surface area contributed by atoms with Gasteiger partial charge in [0.25, 0.3) is 0 Å². The molecule has 3 aliphatic rings.